The summed E-state index contributed by atoms with van der Waals surface area (Å²) in [6, 6.07) is 11.9. The molecular weight excluding hydrogens is 609 g/mol. The molecule has 17 heteroatoms. The number of rotatable bonds is 14. The SMILES string of the molecule is NC(=O)C(=O)NCCCC(Nc1ccc(Nc2nc(NC3(c4ccc(Cl)cc4)CC3)nc(OCC(F)(F)F)n2)cc1)C(=O)O. The molecule has 0 aliphatic heterocycles. The molecule has 234 valence electrons. The van der Waals surface area contributed by atoms with Crippen LogP contribution in [-0.4, -0.2) is 63.2 Å². The molecule has 4 rings (SSSR count). The number of benzene rings is 2. The Kier molecular flexibility index (Phi) is 9.93. The topological polar surface area (TPSA) is 193 Å². The highest BCUT2D eigenvalue weighted by Crippen LogP contribution is 2.48. The lowest BCUT2D eigenvalue weighted by molar-refractivity contribution is -0.154. The fourth-order valence-corrected chi connectivity index (χ4v) is 4.23. The van der Waals surface area contributed by atoms with E-state index in [1.807, 2.05) is 12.1 Å². The normalized spacial score (nSPS) is 14.2. The van der Waals surface area contributed by atoms with E-state index in [-0.39, 0.29) is 31.3 Å². The van der Waals surface area contributed by atoms with Crippen molar-refractivity contribution in [2.45, 2.75) is 43.4 Å². The van der Waals surface area contributed by atoms with E-state index in [1.165, 1.54) is 0 Å². The Bertz CT molecular complexity index is 1490. The first-order chi connectivity index (χ1) is 20.8. The van der Waals surface area contributed by atoms with Crippen LogP contribution >= 0.6 is 11.6 Å². The first kappa shape index (κ1) is 32.1. The van der Waals surface area contributed by atoms with E-state index in [0.29, 0.717) is 16.4 Å². The van der Waals surface area contributed by atoms with Crippen LogP contribution in [0.15, 0.2) is 48.5 Å². The van der Waals surface area contributed by atoms with Gasteiger partial charge in [-0.15, -0.1) is 0 Å². The Morgan fingerprint density at radius 2 is 1.64 bits per heavy atom. The predicted octanol–water partition coefficient (Wildman–Crippen LogP) is 3.56. The molecule has 7 N–H and O–H groups in total. The Labute approximate surface area is 253 Å². The van der Waals surface area contributed by atoms with Crippen LogP contribution in [0.4, 0.5) is 36.4 Å². The number of nitrogens with zero attached hydrogens (tertiary/aromatic N) is 3. The molecule has 0 saturated heterocycles. The lowest BCUT2D eigenvalue weighted by Crippen LogP contribution is -2.37. The molecule has 1 unspecified atom stereocenters. The van der Waals surface area contributed by atoms with E-state index >= 15 is 0 Å². The molecule has 1 aromatic heterocycles. The van der Waals surface area contributed by atoms with Crippen LogP contribution < -0.4 is 31.7 Å². The number of halogens is 4. The molecule has 1 fully saturated rings. The van der Waals surface area contributed by atoms with Gasteiger partial charge in [-0.05, 0) is 67.6 Å². The number of carbonyl (C=O) groups excluding carboxylic acids is 2. The smallest absolute Gasteiger partial charge is 0.422 e. The van der Waals surface area contributed by atoms with Gasteiger partial charge in [-0.3, -0.25) is 9.59 Å². The largest absolute Gasteiger partial charge is 0.480 e. The van der Waals surface area contributed by atoms with Crippen LogP contribution in [0.5, 0.6) is 6.01 Å². The van der Waals surface area contributed by atoms with Gasteiger partial charge in [-0.1, -0.05) is 23.7 Å². The lowest BCUT2D eigenvalue weighted by Gasteiger charge is -2.19. The van der Waals surface area contributed by atoms with Crippen LogP contribution in [0.25, 0.3) is 0 Å². The van der Waals surface area contributed by atoms with E-state index in [9.17, 15) is 32.7 Å². The van der Waals surface area contributed by atoms with Crippen molar-refractivity contribution in [3.05, 3.63) is 59.1 Å². The number of hydrogen-bond donors (Lipinski definition) is 6. The molecule has 0 bridgehead atoms. The van der Waals surface area contributed by atoms with Crippen molar-refractivity contribution in [1.29, 1.82) is 0 Å². The molecule has 1 heterocycles. The minimum absolute atomic E-state index is 0.00160. The minimum atomic E-state index is -4.61. The van der Waals surface area contributed by atoms with Crippen molar-refractivity contribution >= 4 is 52.7 Å². The maximum atomic E-state index is 12.8. The van der Waals surface area contributed by atoms with Crippen molar-refractivity contribution in [2.24, 2.45) is 5.73 Å². The van der Waals surface area contributed by atoms with Gasteiger partial charge in [-0.25, -0.2) is 4.79 Å². The lowest BCUT2D eigenvalue weighted by atomic mass is 10.1. The van der Waals surface area contributed by atoms with Crippen LogP contribution in [0.1, 0.15) is 31.2 Å². The first-order valence-corrected chi connectivity index (χ1v) is 13.6. The van der Waals surface area contributed by atoms with Gasteiger partial charge in [-0.2, -0.15) is 28.1 Å². The molecule has 13 nitrogen and oxygen atoms in total. The Balaban J connectivity index is 1.44. The summed E-state index contributed by atoms with van der Waals surface area (Å²) in [5, 5.41) is 21.3. The van der Waals surface area contributed by atoms with Gasteiger partial charge < -0.3 is 36.8 Å². The van der Waals surface area contributed by atoms with Crippen LogP contribution in [0.3, 0.4) is 0 Å². The van der Waals surface area contributed by atoms with Gasteiger partial charge in [0, 0.05) is 22.9 Å². The number of amides is 2. The zero-order chi connectivity index (χ0) is 31.9. The number of aromatic nitrogens is 3. The summed E-state index contributed by atoms with van der Waals surface area (Å²) in [5.41, 5.74) is 6.14. The minimum Gasteiger partial charge on any atom is -0.480 e. The third-order valence-electron chi connectivity index (χ3n) is 6.44. The summed E-state index contributed by atoms with van der Waals surface area (Å²) in [6.07, 6.45) is -2.75. The van der Waals surface area contributed by atoms with E-state index in [0.717, 1.165) is 18.4 Å². The third-order valence-corrected chi connectivity index (χ3v) is 6.69. The first-order valence-electron chi connectivity index (χ1n) is 13.3. The zero-order valence-corrected chi connectivity index (χ0v) is 23.7. The summed E-state index contributed by atoms with van der Waals surface area (Å²) in [7, 11) is 0. The van der Waals surface area contributed by atoms with E-state index in [2.05, 4.69) is 36.2 Å². The van der Waals surface area contributed by atoms with Gasteiger partial charge in [0.15, 0.2) is 6.61 Å². The highest BCUT2D eigenvalue weighted by molar-refractivity contribution is 6.34. The second-order valence-corrected chi connectivity index (χ2v) is 10.3. The van der Waals surface area contributed by atoms with Crippen molar-refractivity contribution in [1.82, 2.24) is 20.3 Å². The molecule has 1 atom stereocenters. The number of carboxylic acid groups (broad SMARTS) is 1. The quantitative estimate of drug-likeness (QED) is 0.112. The highest BCUT2D eigenvalue weighted by Gasteiger charge is 2.45. The van der Waals surface area contributed by atoms with E-state index < -0.39 is 48.2 Å². The van der Waals surface area contributed by atoms with Crippen molar-refractivity contribution < 1.29 is 37.4 Å². The summed E-state index contributed by atoms with van der Waals surface area (Å²) in [5.74, 6) is -3.31. The maximum Gasteiger partial charge on any atom is 0.422 e. The Morgan fingerprint density at radius 1 is 1.00 bits per heavy atom. The van der Waals surface area contributed by atoms with Gasteiger partial charge in [0.2, 0.25) is 11.9 Å². The monoisotopic (exact) mass is 636 g/mol. The van der Waals surface area contributed by atoms with Gasteiger partial charge in [0.1, 0.15) is 6.04 Å². The van der Waals surface area contributed by atoms with Crippen LogP contribution in [0.2, 0.25) is 5.02 Å². The number of carbonyl (C=O) groups is 3. The third kappa shape index (κ3) is 9.32. The second kappa shape index (κ2) is 13.6. The zero-order valence-electron chi connectivity index (χ0n) is 22.9. The standard InChI is InChI=1S/C27H28ClF3N8O5/c28-16-5-3-15(4-6-16)26(11-12-26)39-24-36-23(37-25(38-24)44-14-27(29,30)31)35-18-9-7-17(8-10-18)34-19(22(42)43)2-1-13-33-21(41)20(32)40/h3-10,19,34H,1-2,11-14H2,(H2,32,40)(H,33,41)(H,42,43)(H2,35,36,37,38,39). The number of aliphatic carboxylic acids is 1. The van der Waals surface area contributed by atoms with Crippen LogP contribution in [0, 0.1) is 0 Å². The molecule has 0 spiro atoms. The number of alkyl halides is 3. The molecule has 1 saturated carbocycles. The van der Waals surface area contributed by atoms with Gasteiger partial charge in [0.25, 0.3) is 0 Å². The number of carboxylic acids is 1. The Hall–Kier alpha value is -4.86. The van der Waals surface area contributed by atoms with Crippen LogP contribution in [-0.2, 0) is 19.9 Å². The molecule has 3 aromatic rings. The molecular formula is C27H28ClF3N8O5. The van der Waals surface area contributed by atoms with Gasteiger partial charge in [0.05, 0.1) is 5.54 Å². The van der Waals surface area contributed by atoms with Crippen molar-refractivity contribution in [3.63, 3.8) is 0 Å². The molecule has 0 radical (unpaired) electrons. The summed E-state index contributed by atoms with van der Waals surface area (Å²) < 4.78 is 43.3. The fraction of sp³-hybridized carbons (Fsp3) is 0.333. The number of hydrogen-bond acceptors (Lipinski definition) is 10. The number of anilines is 4. The molecule has 1 aliphatic rings. The predicted molar refractivity (Wildman–Crippen MR) is 154 cm³/mol. The molecule has 1 aliphatic carbocycles. The summed E-state index contributed by atoms with van der Waals surface area (Å²) >= 11 is 6.00. The Morgan fingerprint density at radius 3 is 2.23 bits per heavy atom. The summed E-state index contributed by atoms with van der Waals surface area (Å²) in [4.78, 5) is 46.0. The molecule has 2 amide bonds. The number of primary amides is 1. The maximum absolute atomic E-state index is 12.8. The fourth-order valence-electron chi connectivity index (χ4n) is 4.11. The molecule has 44 heavy (non-hydrogen) atoms. The van der Waals surface area contributed by atoms with E-state index in [1.54, 1.807) is 36.4 Å². The number of nitrogens with two attached hydrogens (primary N) is 1. The number of nitrogens with one attached hydrogen (secondary N) is 4. The van der Waals surface area contributed by atoms with Crippen molar-refractivity contribution in [3.8, 4) is 6.01 Å². The summed E-state index contributed by atoms with van der Waals surface area (Å²) in [6.45, 7) is -1.53. The van der Waals surface area contributed by atoms with Crippen molar-refractivity contribution in [2.75, 3.05) is 29.1 Å². The average Bonchev–Trinajstić information content (AvgIpc) is 3.74. The highest BCUT2D eigenvalue weighted by atomic mass is 35.5. The number of ether oxygens (including phenoxy) is 1. The van der Waals surface area contributed by atoms with E-state index in [4.69, 9.17) is 22.1 Å². The average molecular weight is 637 g/mol. The second-order valence-electron chi connectivity index (χ2n) is 9.88. The van der Waals surface area contributed by atoms with Gasteiger partial charge >= 0.3 is 30.0 Å². The molecule has 2 aromatic carbocycles.